The number of hydrogen-bond acceptors (Lipinski definition) is 3. The molecule has 1 aromatic heterocycles. The van der Waals surface area contributed by atoms with Gasteiger partial charge in [0.25, 0.3) is 5.91 Å². The fraction of sp³-hybridized carbons (Fsp3) is 0.412. The van der Waals surface area contributed by atoms with Crippen molar-refractivity contribution >= 4 is 22.6 Å². The number of benzene rings is 1. The summed E-state index contributed by atoms with van der Waals surface area (Å²) in [7, 11) is 4.04. The molecular formula is C17H21N3O2. The number of nitrogens with zero attached hydrogens (tertiary/aromatic N) is 2. The number of amides is 1. The number of aromatic nitrogens is 1. The second-order valence-corrected chi connectivity index (χ2v) is 6.08. The van der Waals surface area contributed by atoms with Crippen molar-refractivity contribution in [1.82, 2.24) is 14.8 Å². The summed E-state index contributed by atoms with van der Waals surface area (Å²) < 4.78 is 2.09. The lowest BCUT2D eigenvalue weighted by molar-refractivity contribution is 0.0935. The molecule has 1 aliphatic rings. The number of rotatable bonds is 4. The second kappa shape index (κ2) is 5.57. The number of ketones is 1. The first-order valence-corrected chi connectivity index (χ1v) is 7.58. The highest BCUT2D eigenvalue weighted by Crippen LogP contribution is 2.29. The maximum atomic E-state index is 12.3. The minimum atomic E-state index is -0.0134. The molecule has 5 nitrogen and oxygen atoms in total. The summed E-state index contributed by atoms with van der Waals surface area (Å²) in [6, 6.07) is 5.74. The topological polar surface area (TPSA) is 54.3 Å². The van der Waals surface area contributed by atoms with Crippen molar-refractivity contribution in [3.05, 3.63) is 35.0 Å². The summed E-state index contributed by atoms with van der Waals surface area (Å²) in [5, 5.41) is 3.96. The Balaban J connectivity index is 2.21. The van der Waals surface area contributed by atoms with Crippen molar-refractivity contribution in [3.63, 3.8) is 0 Å². The van der Waals surface area contributed by atoms with Crippen molar-refractivity contribution in [2.75, 3.05) is 27.2 Å². The van der Waals surface area contributed by atoms with Gasteiger partial charge in [0, 0.05) is 36.1 Å². The van der Waals surface area contributed by atoms with Crippen molar-refractivity contribution in [3.8, 4) is 0 Å². The van der Waals surface area contributed by atoms with Crippen LogP contribution in [0.5, 0.6) is 0 Å². The smallest absolute Gasteiger partial charge is 0.268 e. The molecule has 116 valence electrons. The van der Waals surface area contributed by atoms with E-state index >= 15 is 0 Å². The maximum Gasteiger partial charge on any atom is 0.268 e. The van der Waals surface area contributed by atoms with Crippen molar-refractivity contribution in [2.24, 2.45) is 0 Å². The Morgan fingerprint density at radius 2 is 2.14 bits per heavy atom. The molecule has 1 amide bonds. The van der Waals surface area contributed by atoms with Crippen LogP contribution in [-0.4, -0.2) is 48.3 Å². The highest BCUT2D eigenvalue weighted by molar-refractivity contribution is 6.05. The third-order valence-electron chi connectivity index (χ3n) is 4.22. The van der Waals surface area contributed by atoms with Gasteiger partial charge in [-0.2, -0.15) is 0 Å². The van der Waals surface area contributed by atoms with E-state index in [2.05, 4.69) is 14.8 Å². The zero-order chi connectivity index (χ0) is 15.9. The van der Waals surface area contributed by atoms with Gasteiger partial charge in [0.2, 0.25) is 0 Å². The first kappa shape index (κ1) is 14.8. The molecule has 1 N–H and O–H groups in total. The molecule has 0 saturated carbocycles. The molecule has 5 heteroatoms. The van der Waals surface area contributed by atoms with Gasteiger partial charge in [0.15, 0.2) is 5.78 Å². The SMILES string of the molecule is CC(=O)c1ccc2c(c1)c1c(n2CCN(C)C)C(=O)NCC1. The zero-order valence-corrected chi connectivity index (χ0v) is 13.3. The molecule has 0 spiro atoms. The average molecular weight is 299 g/mol. The molecule has 0 saturated heterocycles. The van der Waals surface area contributed by atoms with Crippen molar-refractivity contribution < 1.29 is 9.59 Å². The molecule has 1 aromatic carbocycles. The summed E-state index contributed by atoms with van der Waals surface area (Å²) in [6.45, 7) is 3.84. The van der Waals surface area contributed by atoms with E-state index in [1.54, 1.807) is 6.92 Å². The van der Waals surface area contributed by atoms with Gasteiger partial charge in [-0.15, -0.1) is 0 Å². The second-order valence-electron chi connectivity index (χ2n) is 6.08. The van der Waals surface area contributed by atoms with Gasteiger partial charge < -0.3 is 14.8 Å². The van der Waals surface area contributed by atoms with Crippen LogP contribution in [0.2, 0.25) is 0 Å². The van der Waals surface area contributed by atoms with Crippen LogP contribution in [0.25, 0.3) is 10.9 Å². The van der Waals surface area contributed by atoms with Crippen LogP contribution in [-0.2, 0) is 13.0 Å². The molecular weight excluding hydrogens is 278 g/mol. The number of carbonyl (C=O) groups is 2. The number of carbonyl (C=O) groups excluding carboxylic acids is 2. The molecule has 1 aliphatic heterocycles. The Morgan fingerprint density at radius 1 is 1.36 bits per heavy atom. The van der Waals surface area contributed by atoms with Gasteiger partial charge in [-0.1, -0.05) is 0 Å². The Morgan fingerprint density at radius 3 is 2.82 bits per heavy atom. The van der Waals surface area contributed by atoms with E-state index in [-0.39, 0.29) is 11.7 Å². The van der Waals surface area contributed by atoms with Gasteiger partial charge >= 0.3 is 0 Å². The molecule has 0 aliphatic carbocycles. The fourth-order valence-electron chi connectivity index (χ4n) is 3.07. The molecule has 0 unspecified atom stereocenters. The van der Waals surface area contributed by atoms with E-state index in [4.69, 9.17) is 0 Å². The molecule has 0 atom stereocenters. The molecule has 0 radical (unpaired) electrons. The van der Waals surface area contributed by atoms with E-state index < -0.39 is 0 Å². The third kappa shape index (κ3) is 2.41. The summed E-state index contributed by atoms with van der Waals surface area (Å²) in [5.41, 5.74) is 3.56. The van der Waals surface area contributed by atoms with Crippen LogP contribution in [0, 0.1) is 0 Å². The average Bonchev–Trinajstić information content (AvgIpc) is 2.79. The summed E-state index contributed by atoms with van der Waals surface area (Å²) in [5.74, 6) is 0.0394. The first-order chi connectivity index (χ1) is 10.5. The van der Waals surface area contributed by atoms with Gasteiger partial charge in [0.05, 0.1) is 0 Å². The Hall–Kier alpha value is -2.14. The molecule has 0 fully saturated rings. The number of fused-ring (bicyclic) bond motifs is 3. The summed E-state index contributed by atoms with van der Waals surface area (Å²) in [4.78, 5) is 26.1. The zero-order valence-electron chi connectivity index (χ0n) is 13.3. The Kier molecular flexibility index (Phi) is 3.74. The van der Waals surface area contributed by atoms with E-state index in [1.165, 1.54) is 0 Å². The number of hydrogen-bond donors (Lipinski definition) is 1. The molecule has 22 heavy (non-hydrogen) atoms. The predicted octanol–water partition coefficient (Wildman–Crippen LogP) is 1.69. The van der Waals surface area contributed by atoms with Gasteiger partial charge in [-0.25, -0.2) is 0 Å². The number of Topliss-reactive ketones (excluding diaryl/α,β-unsaturated/α-hetero) is 1. The van der Waals surface area contributed by atoms with Crippen LogP contribution in [0.3, 0.4) is 0 Å². The van der Waals surface area contributed by atoms with E-state index in [0.29, 0.717) is 12.1 Å². The van der Waals surface area contributed by atoms with Crippen molar-refractivity contribution in [2.45, 2.75) is 19.9 Å². The molecule has 2 heterocycles. The minimum absolute atomic E-state index is 0.0134. The van der Waals surface area contributed by atoms with Crippen LogP contribution >= 0.6 is 0 Å². The lowest BCUT2D eigenvalue weighted by Gasteiger charge is -2.17. The maximum absolute atomic E-state index is 12.3. The Labute approximate surface area is 129 Å². The highest BCUT2D eigenvalue weighted by Gasteiger charge is 2.26. The molecule has 2 aromatic rings. The molecule has 3 rings (SSSR count). The van der Waals surface area contributed by atoms with Crippen molar-refractivity contribution in [1.29, 1.82) is 0 Å². The van der Waals surface area contributed by atoms with Gasteiger partial charge in [0.1, 0.15) is 5.69 Å². The lowest BCUT2D eigenvalue weighted by Crippen LogP contribution is -2.34. The third-order valence-corrected chi connectivity index (χ3v) is 4.22. The standard InChI is InChI=1S/C17H21N3O2/c1-11(21)12-4-5-15-14(10-12)13-6-7-18-17(22)16(13)20(15)9-8-19(2)3/h4-5,10H,6-9H2,1-3H3,(H,18,22). The quantitative estimate of drug-likeness (QED) is 0.874. The molecule has 0 bridgehead atoms. The minimum Gasteiger partial charge on any atom is -0.350 e. The monoisotopic (exact) mass is 299 g/mol. The largest absolute Gasteiger partial charge is 0.350 e. The fourth-order valence-corrected chi connectivity index (χ4v) is 3.07. The van der Waals surface area contributed by atoms with Crippen LogP contribution < -0.4 is 5.32 Å². The Bertz CT molecular complexity index is 759. The first-order valence-electron chi connectivity index (χ1n) is 7.58. The summed E-state index contributed by atoms with van der Waals surface area (Å²) in [6.07, 6.45) is 0.813. The summed E-state index contributed by atoms with van der Waals surface area (Å²) >= 11 is 0. The van der Waals surface area contributed by atoms with E-state index in [1.807, 2.05) is 32.3 Å². The normalized spacial score (nSPS) is 14.3. The van der Waals surface area contributed by atoms with Crippen LogP contribution in [0.1, 0.15) is 33.3 Å². The van der Waals surface area contributed by atoms with Crippen LogP contribution in [0.15, 0.2) is 18.2 Å². The lowest BCUT2D eigenvalue weighted by atomic mass is 10.0. The number of likely N-dealkylation sites (N-methyl/N-ethyl adjacent to an activating group) is 1. The predicted molar refractivity (Wildman–Crippen MR) is 86.5 cm³/mol. The van der Waals surface area contributed by atoms with Gasteiger partial charge in [-0.3, -0.25) is 9.59 Å². The number of nitrogens with one attached hydrogen (secondary N) is 1. The van der Waals surface area contributed by atoms with Gasteiger partial charge in [-0.05, 0) is 51.2 Å². The highest BCUT2D eigenvalue weighted by atomic mass is 16.2. The van der Waals surface area contributed by atoms with Crippen LogP contribution in [0.4, 0.5) is 0 Å². The van der Waals surface area contributed by atoms with E-state index in [0.717, 1.165) is 41.7 Å². The van der Waals surface area contributed by atoms with E-state index in [9.17, 15) is 9.59 Å².